The van der Waals surface area contributed by atoms with E-state index >= 15 is 0 Å². The fourth-order valence-corrected chi connectivity index (χ4v) is 1.77. The molecule has 0 spiro atoms. The number of hydrogen-bond donors (Lipinski definition) is 1. The van der Waals surface area contributed by atoms with Crippen LogP contribution < -0.4 is 10.1 Å². The molecule has 2 rings (SSSR count). The van der Waals surface area contributed by atoms with Crippen molar-refractivity contribution < 1.29 is 14.3 Å². The van der Waals surface area contributed by atoms with Crippen molar-refractivity contribution in [3.63, 3.8) is 0 Å². The highest BCUT2D eigenvalue weighted by atomic mass is 16.6. The van der Waals surface area contributed by atoms with E-state index in [-0.39, 0.29) is 12.0 Å². The van der Waals surface area contributed by atoms with Crippen LogP contribution in [0.1, 0.15) is 24.9 Å². The molecule has 0 aliphatic carbocycles. The predicted octanol–water partition coefficient (Wildman–Crippen LogP) is 1.66. The summed E-state index contributed by atoms with van der Waals surface area (Å²) in [6, 6.07) is 8.03. The van der Waals surface area contributed by atoms with Crippen LogP contribution in [0, 0.1) is 0 Å². The van der Waals surface area contributed by atoms with Gasteiger partial charge in [0.2, 0.25) is 0 Å². The summed E-state index contributed by atoms with van der Waals surface area (Å²) in [5.74, 6) is 0.450. The quantitative estimate of drug-likeness (QED) is 0.806. The first-order valence-electron chi connectivity index (χ1n) is 5.81. The first kappa shape index (κ1) is 11.9. The number of carbonyl (C=O) groups excluding carboxylic acids is 1. The van der Waals surface area contributed by atoms with Crippen LogP contribution in [-0.2, 0) is 9.53 Å². The Morgan fingerprint density at radius 2 is 2.35 bits per heavy atom. The highest BCUT2D eigenvalue weighted by molar-refractivity contribution is 5.76. The molecule has 4 nitrogen and oxygen atoms in total. The summed E-state index contributed by atoms with van der Waals surface area (Å²) in [5.41, 5.74) is 1.14. The third-order valence-corrected chi connectivity index (χ3v) is 2.96. The summed E-state index contributed by atoms with van der Waals surface area (Å²) in [5, 5.41) is 3.16. The van der Waals surface area contributed by atoms with Gasteiger partial charge in [0, 0.05) is 12.5 Å². The highest BCUT2D eigenvalue weighted by Crippen LogP contribution is 2.22. The first-order valence-corrected chi connectivity index (χ1v) is 5.81. The van der Waals surface area contributed by atoms with Crippen molar-refractivity contribution in [3.8, 4) is 5.75 Å². The van der Waals surface area contributed by atoms with Gasteiger partial charge in [-0.05, 0) is 31.7 Å². The number of ether oxygens (including phenoxy) is 2. The zero-order valence-corrected chi connectivity index (χ0v) is 10.1. The summed E-state index contributed by atoms with van der Waals surface area (Å²) in [6.07, 6.45) is 0.181. The lowest BCUT2D eigenvalue weighted by molar-refractivity contribution is -0.143. The van der Waals surface area contributed by atoms with E-state index in [2.05, 4.69) is 12.2 Å². The summed E-state index contributed by atoms with van der Waals surface area (Å²) in [6.45, 7) is 2.53. The lowest BCUT2D eigenvalue weighted by Crippen LogP contribution is -2.21. The summed E-state index contributed by atoms with van der Waals surface area (Å²) >= 11 is 0. The number of cyclic esters (lactones) is 1. The van der Waals surface area contributed by atoms with Crippen molar-refractivity contribution in [2.75, 3.05) is 13.7 Å². The second-order valence-electron chi connectivity index (χ2n) is 4.15. The fraction of sp³-hybridized carbons (Fsp3) is 0.462. The van der Waals surface area contributed by atoms with Crippen LogP contribution in [0.3, 0.4) is 0 Å². The van der Waals surface area contributed by atoms with E-state index in [1.165, 1.54) is 0 Å². The average molecular weight is 235 g/mol. The van der Waals surface area contributed by atoms with Crippen LogP contribution in [0.25, 0.3) is 0 Å². The molecule has 92 valence electrons. The third kappa shape index (κ3) is 2.77. The average Bonchev–Trinajstić information content (AvgIpc) is 2.74. The van der Waals surface area contributed by atoms with Crippen LogP contribution in [-0.4, -0.2) is 25.7 Å². The maximum absolute atomic E-state index is 11.3. The monoisotopic (exact) mass is 235 g/mol. The molecular weight excluding hydrogens is 218 g/mol. The summed E-state index contributed by atoms with van der Waals surface area (Å²) < 4.78 is 10.5. The molecule has 2 unspecified atom stereocenters. The van der Waals surface area contributed by atoms with Gasteiger partial charge >= 0.3 is 5.97 Å². The van der Waals surface area contributed by atoms with E-state index in [1.807, 2.05) is 31.3 Å². The SMILES string of the molecule is CNC(C)c1cccc(OC2CCOC2=O)c1. The maximum Gasteiger partial charge on any atom is 0.347 e. The van der Waals surface area contributed by atoms with Gasteiger partial charge in [0.15, 0.2) is 6.10 Å². The number of nitrogens with one attached hydrogen (secondary N) is 1. The molecule has 0 radical (unpaired) electrons. The normalized spacial score (nSPS) is 21.1. The van der Waals surface area contributed by atoms with Crippen LogP contribution in [0.4, 0.5) is 0 Å². The predicted molar refractivity (Wildman–Crippen MR) is 63.9 cm³/mol. The Morgan fingerprint density at radius 1 is 1.53 bits per heavy atom. The van der Waals surface area contributed by atoms with Crippen LogP contribution in [0.5, 0.6) is 5.75 Å². The summed E-state index contributed by atoms with van der Waals surface area (Å²) in [7, 11) is 1.91. The van der Waals surface area contributed by atoms with Gasteiger partial charge in [0.25, 0.3) is 0 Å². The smallest absolute Gasteiger partial charge is 0.347 e. The molecule has 1 heterocycles. The van der Waals surface area contributed by atoms with Crippen LogP contribution in [0.15, 0.2) is 24.3 Å². The molecule has 0 saturated carbocycles. The third-order valence-electron chi connectivity index (χ3n) is 2.96. The van der Waals surface area contributed by atoms with E-state index in [4.69, 9.17) is 9.47 Å². The van der Waals surface area contributed by atoms with Crippen molar-refractivity contribution in [3.05, 3.63) is 29.8 Å². The van der Waals surface area contributed by atoms with Crippen LogP contribution in [0.2, 0.25) is 0 Å². The topological polar surface area (TPSA) is 47.6 Å². The van der Waals surface area contributed by atoms with Crippen molar-refractivity contribution in [1.82, 2.24) is 5.32 Å². The van der Waals surface area contributed by atoms with Gasteiger partial charge in [0.05, 0.1) is 6.61 Å². The number of carbonyl (C=O) groups is 1. The lowest BCUT2D eigenvalue weighted by atomic mass is 10.1. The Kier molecular flexibility index (Phi) is 3.64. The molecule has 1 aliphatic rings. The Hall–Kier alpha value is -1.55. The molecule has 1 aliphatic heterocycles. The van der Waals surface area contributed by atoms with Crippen molar-refractivity contribution in [2.45, 2.75) is 25.5 Å². The molecule has 2 atom stereocenters. The first-order chi connectivity index (χ1) is 8.20. The molecule has 1 aromatic carbocycles. The van der Waals surface area contributed by atoms with E-state index in [1.54, 1.807) is 0 Å². The minimum atomic E-state index is -0.449. The Balaban J connectivity index is 2.08. The Labute approximate surface area is 101 Å². The van der Waals surface area contributed by atoms with Crippen LogP contribution >= 0.6 is 0 Å². The largest absolute Gasteiger partial charge is 0.479 e. The molecule has 0 bridgehead atoms. The Morgan fingerprint density at radius 3 is 3.00 bits per heavy atom. The van der Waals surface area contributed by atoms with Crippen molar-refractivity contribution >= 4 is 5.97 Å². The van der Waals surface area contributed by atoms with E-state index < -0.39 is 6.10 Å². The second kappa shape index (κ2) is 5.19. The highest BCUT2D eigenvalue weighted by Gasteiger charge is 2.28. The van der Waals surface area contributed by atoms with E-state index in [0.29, 0.717) is 18.8 Å². The fourth-order valence-electron chi connectivity index (χ4n) is 1.77. The zero-order chi connectivity index (χ0) is 12.3. The summed E-state index contributed by atoms with van der Waals surface area (Å²) in [4.78, 5) is 11.3. The minimum Gasteiger partial charge on any atom is -0.479 e. The van der Waals surface area contributed by atoms with Gasteiger partial charge in [0.1, 0.15) is 5.75 Å². The van der Waals surface area contributed by atoms with Crippen molar-refractivity contribution in [1.29, 1.82) is 0 Å². The molecule has 4 heteroatoms. The number of hydrogen-bond acceptors (Lipinski definition) is 4. The molecule has 0 aromatic heterocycles. The Bertz CT molecular complexity index is 405. The van der Waals surface area contributed by atoms with Crippen molar-refractivity contribution in [2.24, 2.45) is 0 Å². The number of benzene rings is 1. The molecule has 1 saturated heterocycles. The minimum absolute atomic E-state index is 0.258. The van der Waals surface area contributed by atoms with Gasteiger partial charge < -0.3 is 14.8 Å². The van der Waals surface area contributed by atoms with E-state index in [0.717, 1.165) is 5.56 Å². The van der Waals surface area contributed by atoms with Gasteiger partial charge in [-0.1, -0.05) is 12.1 Å². The number of esters is 1. The second-order valence-corrected chi connectivity index (χ2v) is 4.15. The standard InChI is InChI=1S/C13H17NO3/c1-9(14-2)10-4-3-5-11(8-10)17-12-6-7-16-13(12)15/h3-5,8-9,12,14H,6-7H2,1-2H3. The number of rotatable bonds is 4. The molecule has 0 amide bonds. The van der Waals surface area contributed by atoms with Gasteiger partial charge in [-0.3, -0.25) is 0 Å². The van der Waals surface area contributed by atoms with Gasteiger partial charge in [-0.25, -0.2) is 4.79 Å². The molecule has 17 heavy (non-hydrogen) atoms. The molecular formula is C13H17NO3. The molecule has 1 fully saturated rings. The molecule has 1 aromatic rings. The molecule has 1 N–H and O–H groups in total. The van der Waals surface area contributed by atoms with Gasteiger partial charge in [-0.2, -0.15) is 0 Å². The zero-order valence-electron chi connectivity index (χ0n) is 10.1. The van der Waals surface area contributed by atoms with Gasteiger partial charge in [-0.15, -0.1) is 0 Å². The maximum atomic E-state index is 11.3. The van der Waals surface area contributed by atoms with E-state index in [9.17, 15) is 4.79 Å². The lowest BCUT2D eigenvalue weighted by Gasteiger charge is -2.14.